The van der Waals surface area contributed by atoms with Gasteiger partial charge in [0.2, 0.25) is 5.88 Å². The zero-order valence-electron chi connectivity index (χ0n) is 6.37. The smallest absolute Gasteiger partial charge is 0.214 e. The first-order valence-corrected chi connectivity index (χ1v) is 3.61. The molecule has 56 valence electrons. The summed E-state index contributed by atoms with van der Waals surface area (Å²) in [7, 11) is 1.64. The van der Waals surface area contributed by atoms with E-state index in [2.05, 4.69) is 17.1 Å². The Balaban J connectivity index is 2.35. The minimum Gasteiger partial charge on any atom is -0.481 e. The first-order valence-electron chi connectivity index (χ1n) is 3.61. The van der Waals surface area contributed by atoms with Crippen molar-refractivity contribution in [1.29, 1.82) is 0 Å². The van der Waals surface area contributed by atoms with Crippen LogP contribution >= 0.6 is 0 Å². The van der Waals surface area contributed by atoms with E-state index in [9.17, 15) is 0 Å². The van der Waals surface area contributed by atoms with Gasteiger partial charge in [-0.05, 0) is 12.5 Å². The van der Waals surface area contributed by atoms with Crippen LogP contribution < -0.4 is 0 Å². The van der Waals surface area contributed by atoms with E-state index in [1.807, 2.05) is 12.2 Å². The van der Waals surface area contributed by atoms with Gasteiger partial charge in [-0.15, -0.1) is 0 Å². The standard InChI is InChI=1S/C9H9NO/c1-11-9-6-7-4-2-3-5-8(7)10-9/h3-6H,2H2,1H3. The number of fused-ring (bicyclic) bond motifs is 1. The van der Waals surface area contributed by atoms with Crippen LogP contribution in [0.15, 0.2) is 40.8 Å². The number of rotatable bonds is 1. The molecule has 0 N–H and O–H groups in total. The topological polar surface area (TPSA) is 21.6 Å². The fourth-order valence-electron chi connectivity index (χ4n) is 1.20. The molecule has 0 unspecified atom stereocenters. The van der Waals surface area contributed by atoms with Crippen molar-refractivity contribution in [3.63, 3.8) is 0 Å². The van der Waals surface area contributed by atoms with Gasteiger partial charge < -0.3 is 4.74 Å². The maximum atomic E-state index is 5.00. The lowest BCUT2D eigenvalue weighted by atomic mass is 10.1. The van der Waals surface area contributed by atoms with Crippen LogP contribution in [0.2, 0.25) is 0 Å². The molecule has 1 heterocycles. The van der Waals surface area contributed by atoms with Crippen LogP contribution in [0.4, 0.5) is 0 Å². The van der Waals surface area contributed by atoms with E-state index in [4.69, 9.17) is 4.74 Å². The van der Waals surface area contributed by atoms with Crippen molar-refractivity contribution in [3.05, 3.63) is 35.8 Å². The second-order valence-corrected chi connectivity index (χ2v) is 2.48. The van der Waals surface area contributed by atoms with E-state index >= 15 is 0 Å². The average molecular weight is 147 g/mol. The lowest BCUT2D eigenvalue weighted by molar-refractivity contribution is 0.290. The predicted octanol–water partition coefficient (Wildman–Crippen LogP) is 1.82. The minimum atomic E-state index is 0.706. The quantitative estimate of drug-likeness (QED) is 0.554. The lowest BCUT2D eigenvalue weighted by Gasteiger charge is -1.99. The number of aliphatic imine (C=N–C) groups is 1. The highest BCUT2D eigenvalue weighted by Crippen LogP contribution is 2.20. The van der Waals surface area contributed by atoms with Gasteiger partial charge >= 0.3 is 0 Å². The monoisotopic (exact) mass is 147 g/mol. The van der Waals surface area contributed by atoms with Crippen molar-refractivity contribution in [2.24, 2.45) is 4.99 Å². The molecule has 0 fully saturated rings. The van der Waals surface area contributed by atoms with E-state index in [0.717, 1.165) is 12.1 Å². The molecule has 0 spiro atoms. The van der Waals surface area contributed by atoms with Crippen molar-refractivity contribution in [3.8, 4) is 0 Å². The molecule has 0 bridgehead atoms. The summed E-state index contributed by atoms with van der Waals surface area (Å²) < 4.78 is 5.00. The molecule has 0 amide bonds. The molecule has 0 aromatic rings. The molecule has 0 saturated carbocycles. The van der Waals surface area contributed by atoms with Crippen LogP contribution in [0, 0.1) is 0 Å². The fourth-order valence-corrected chi connectivity index (χ4v) is 1.20. The number of hydrogen-bond donors (Lipinski definition) is 0. The molecule has 2 aliphatic rings. The molecule has 0 aromatic heterocycles. The van der Waals surface area contributed by atoms with Crippen molar-refractivity contribution < 1.29 is 4.74 Å². The number of allylic oxidation sites excluding steroid dienone is 5. The van der Waals surface area contributed by atoms with E-state index in [1.165, 1.54) is 5.57 Å². The summed E-state index contributed by atoms with van der Waals surface area (Å²) in [6.45, 7) is 0. The molecule has 0 atom stereocenters. The molecule has 0 radical (unpaired) electrons. The van der Waals surface area contributed by atoms with Crippen molar-refractivity contribution in [1.82, 2.24) is 0 Å². The van der Waals surface area contributed by atoms with Gasteiger partial charge in [0.05, 0.1) is 12.8 Å². The molecule has 11 heavy (non-hydrogen) atoms. The molecule has 2 heteroatoms. The maximum absolute atomic E-state index is 5.00. The summed E-state index contributed by atoms with van der Waals surface area (Å²) in [4.78, 5) is 4.23. The number of hydrogen-bond acceptors (Lipinski definition) is 2. The van der Waals surface area contributed by atoms with Gasteiger partial charge in [-0.25, -0.2) is 4.99 Å². The first kappa shape index (κ1) is 6.40. The van der Waals surface area contributed by atoms with Gasteiger partial charge in [0.15, 0.2) is 0 Å². The molecular formula is C9H9NO. The molecule has 2 nitrogen and oxygen atoms in total. The third-order valence-electron chi connectivity index (χ3n) is 1.76. The fraction of sp³-hybridized carbons (Fsp3) is 0.222. The van der Waals surface area contributed by atoms with E-state index in [1.54, 1.807) is 7.11 Å². The summed E-state index contributed by atoms with van der Waals surface area (Å²) in [6, 6.07) is 0. The highest BCUT2D eigenvalue weighted by atomic mass is 16.5. The number of methoxy groups -OCH3 is 1. The van der Waals surface area contributed by atoms with Gasteiger partial charge in [-0.2, -0.15) is 0 Å². The Morgan fingerprint density at radius 2 is 2.45 bits per heavy atom. The Morgan fingerprint density at radius 1 is 1.55 bits per heavy atom. The highest BCUT2D eigenvalue weighted by Gasteiger charge is 2.13. The Labute approximate surface area is 65.6 Å². The number of nitrogens with zero attached hydrogens (tertiary/aromatic N) is 1. The summed E-state index contributed by atoms with van der Waals surface area (Å²) >= 11 is 0. The summed E-state index contributed by atoms with van der Waals surface area (Å²) in [6.07, 6.45) is 9.22. The first-order chi connectivity index (χ1) is 5.40. The van der Waals surface area contributed by atoms with Crippen LogP contribution in [0.1, 0.15) is 6.42 Å². The maximum Gasteiger partial charge on any atom is 0.214 e. The van der Waals surface area contributed by atoms with Crippen LogP contribution in [-0.4, -0.2) is 12.8 Å². The van der Waals surface area contributed by atoms with Gasteiger partial charge in [0.25, 0.3) is 0 Å². The van der Waals surface area contributed by atoms with Crippen molar-refractivity contribution in [2.75, 3.05) is 7.11 Å². The predicted molar refractivity (Wildman–Crippen MR) is 44.4 cm³/mol. The molecular weight excluding hydrogens is 138 g/mol. The normalized spacial score (nSPS) is 20.3. The van der Waals surface area contributed by atoms with Gasteiger partial charge in [0.1, 0.15) is 0 Å². The van der Waals surface area contributed by atoms with Gasteiger partial charge in [-0.3, -0.25) is 0 Å². The summed E-state index contributed by atoms with van der Waals surface area (Å²) in [5.41, 5.74) is 2.21. The van der Waals surface area contributed by atoms with E-state index in [0.29, 0.717) is 5.88 Å². The summed E-state index contributed by atoms with van der Waals surface area (Å²) in [5, 5.41) is 0. The van der Waals surface area contributed by atoms with E-state index in [-0.39, 0.29) is 0 Å². The second-order valence-electron chi connectivity index (χ2n) is 2.48. The van der Waals surface area contributed by atoms with Gasteiger partial charge in [0, 0.05) is 11.6 Å². The van der Waals surface area contributed by atoms with Crippen LogP contribution in [0.3, 0.4) is 0 Å². The second kappa shape index (κ2) is 2.38. The average Bonchev–Trinajstić information content (AvgIpc) is 2.46. The number of ether oxygens (including phenoxy) is 1. The zero-order valence-corrected chi connectivity index (χ0v) is 6.37. The SMILES string of the molecule is COC1=CC2=CCC=CC2=N1. The Hall–Kier alpha value is -1.31. The highest BCUT2D eigenvalue weighted by molar-refractivity contribution is 6.13. The zero-order chi connectivity index (χ0) is 7.68. The van der Waals surface area contributed by atoms with Crippen molar-refractivity contribution in [2.45, 2.75) is 6.42 Å². The third-order valence-corrected chi connectivity index (χ3v) is 1.76. The van der Waals surface area contributed by atoms with Crippen LogP contribution in [0.25, 0.3) is 0 Å². The molecule has 0 saturated heterocycles. The molecule has 0 aromatic carbocycles. The van der Waals surface area contributed by atoms with Gasteiger partial charge in [-0.1, -0.05) is 12.2 Å². The molecule has 1 aliphatic heterocycles. The Bertz CT molecular complexity index is 295. The van der Waals surface area contributed by atoms with E-state index < -0.39 is 0 Å². The molecule has 2 rings (SSSR count). The van der Waals surface area contributed by atoms with Crippen molar-refractivity contribution >= 4 is 5.71 Å². The Morgan fingerprint density at radius 3 is 3.18 bits per heavy atom. The van der Waals surface area contributed by atoms with Crippen LogP contribution in [-0.2, 0) is 4.74 Å². The molecule has 1 aliphatic carbocycles. The lowest BCUT2D eigenvalue weighted by Crippen LogP contribution is -1.95. The Kier molecular flexibility index (Phi) is 1.39. The van der Waals surface area contributed by atoms with Crippen LogP contribution in [0.5, 0.6) is 0 Å². The summed E-state index contributed by atoms with van der Waals surface area (Å²) in [5.74, 6) is 0.706. The largest absolute Gasteiger partial charge is 0.481 e. The minimum absolute atomic E-state index is 0.706. The third kappa shape index (κ3) is 1.00.